The zero-order chi connectivity index (χ0) is 15.1. The highest BCUT2D eigenvalue weighted by molar-refractivity contribution is 5.89. The van der Waals surface area contributed by atoms with Crippen LogP contribution in [0.2, 0.25) is 0 Å². The maximum absolute atomic E-state index is 11.6. The number of benzene rings is 1. The molecule has 1 fully saturated rings. The van der Waals surface area contributed by atoms with Crippen molar-refractivity contribution in [3.63, 3.8) is 0 Å². The van der Waals surface area contributed by atoms with Gasteiger partial charge in [0.2, 0.25) is 0 Å². The number of nitriles is 1. The summed E-state index contributed by atoms with van der Waals surface area (Å²) < 4.78 is 5.34. The fourth-order valence-electron chi connectivity index (χ4n) is 1.73. The van der Waals surface area contributed by atoms with E-state index >= 15 is 0 Å². The van der Waals surface area contributed by atoms with Crippen LogP contribution in [0.5, 0.6) is 0 Å². The molecule has 0 aliphatic heterocycles. The number of aliphatic hydroxyl groups excluding tert-OH is 1. The Labute approximate surface area is 123 Å². The van der Waals surface area contributed by atoms with Crippen molar-refractivity contribution in [1.29, 1.82) is 5.26 Å². The Hall–Kier alpha value is -2.10. The van der Waals surface area contributed by atoms with Crippen LogP contribution in [-0.4, -0.2) is 37.0 Å². The summed E-state index contributed by atoms with van der Waals surface area (Å²) in [5, 5.41) is 23.5. The standard InChI is InChI=1S/C15H19N3O3/c16-7-11-3-5-13(6-4-11)18-15(20)17-8-14(19)10-21-9-12-1-2-12/h3-6,12,14,19H,1-2,8-10H2,(H2,17,18,20)/t14-/m0/s1. The number of aliphatic hydroxyl groups is 1. The summed E-state index contributed by atoms with van der Waals surface area (Å²) >= 11 is 0. The lowest BCUT2D eigenvalue weighted by atomic mass is 10.2. The summed E-state index contributed by atoms with van der Waals surface area (Å²) in [4.78, 5) is 11.6. The summed E-state index contributed by atoms with van der Waals surface area (Å²) in [6.45, 7) is 1.05. The molecule has 1 aliphatic rings. The molecule has 2 rings (SSSR count). The Kier molecular flexibility index (Phi) is 5.55. The number of nitrogens with one attached hydrogen (secondary N) is 2. The predicted molar refractivity (Wildman–Crippen MR) is 77.7 cm³/mol. The van der Waals surface area contributed by atoms with Crippen molar-refractivity contribution in [1.82, 2.24) is 5.32 Å². The molecule has 1 saturated carbocycles. The fourth-order valence-corrected chi connectivity index (χ4v) is 1.73. The minimum absolute atomic E-state index is 0.132. The molecule has 6 nitrogen and oxygen atoms in total. The molecule has 3 N–H and O–H groups in total. The van der Waals surface area contributed by atoms with Gasteiger partial charge < -0.3 is 20.5 Å². The number of hydrogen-bond donors (Lipinski definition) is 3. The van der Waals surface area contributed by atoms with Gasteiger partial charge in [-0.2, -0.15) is 5.26 Å². The molecule has 1 aromatic carbocycles. The zero-order valence-electron chi connectivity index (χ0n) is 11.7. The van der Waals surface area contributed by atoms with Crippen LogP contribution in [0.3, 0.4) is 0 Å². The van der Waals surface area contributed by atoms with E-state index < -0.39 is 12.1 Å². The topological polar surface area (TPSA) is 94.4 Å². The van der Waals surface area contributed by atoms with Crippen molar-refractivity contribution in [3.8, 4) is 6.07 Å². The molecule has 1 atom stereocenters. The van der Waals surface area contributed by atoms with E-state index in [1.54, 1.807) is 24.3 Å². The van der Waals surface area contributed by atoms with Crippen LogP contribution in [0.4, 0.5) is 10.5 Å². The van der Waals surface area contributed by atoms with Gasteiger partial charge in [-0.05, 0) is 43.0 Å². The Bertz CT molecular complexity index is 506. The maximum atomic E-state index is 11.6. The summed E-state index contributed by atoms with van der Waals surface area (Å²) in [6, 6.07) is 8.14. The lowest BCUT2D eigenvalue weighted by molar-refractivity contribution is 0.0339. The van der Waals surface area contributed by atoms with Crippen molar-refractivity contribution in [3.05, 3.63) is 29.8 Å². The van der Waals surface area contributed by atoms with Crippen molar-refractivity contribution >= 4 is 11.7 Å². The summed E-state index contributed by atoms with van der Waals surface area (Å²) in [5.74, 6) is 0.657. The molecule has 0 spiro atoms. The SMILES string of the molecule is N#Cc1ccc(NC(=O)NC[C@H](O)COCC2CC2)cc1. The molecule has 0 aromatic heterocycles. The minimum atomic E-state index is -0.713. The largest absolute Gasteiger partial charge is 0.389 e. The second-order valence-electron chi connectivity index (χ2n) is 5.16. The van der Waals surface area contributed by atoms with Gasteiger partial charge in [0.05, 0.1) is 24.3 Å². The number of urea groups is 1. The predicted octanol–water partition coefficient (Wildman–Crippen LogP) is 1.47. The van der Waals surface area contributed by atoms with E-state index in [4.69, 9.17) is 10.00 Å². The maximum Gasteiger partial charge on any atom is 0.319 e. The van der Waals surface area contributed by atoms with Gasteiger partial charge in [0.15, 0.2) is 0 Å². The van der Waals surface area contributed by atoms with Crippen LogP contribution in [0.25, 0.3) is 0 Å². The molecule has 0 heterocycles. The first-order valence-corrected chi connectivity index (χ1v) is 6.98. The number of ether oxygens (including phenoxy) is 1. The second-order valence-corrected chi connectivity index (χ2v) is 5.16. The van der Waals surface area contributed by atoms with Crippen LogP contribution in [-0.2, 0) is 4.74 Å². The Morgan fingerprint density at radius 1 is 1.43 bits per heavy atom. The number of rotatable bonds is 7. The van der Waals surface area contributed by atoms with E-state index in [0.29, 0.717) is 23.8 Å². The Balaban J connectivity index is 1.62. The number of carbonyl (C=O) groups excluding carboxylic acids is 1. The molecule has 0 bridgehead atoms. The minimum Gasteiger partial charge on any atom is -0.389 e. The monoisotopic (exact) mass is 289 g/mol. The first kappa shape index (κ1) is 15.3. The van der Waals surface area contributed by atoms with Gasteiger partial charge in [-0.3, -0.25) is 0 Å². The summed E-state index contributed by atoms with van der Waals surface area (Å²) in [7, 11) is 0. The average Bonchev–Trinajstić information content (AvgIpc) is 3.30. The van der Waals surface area contributed by atoms with E-state index in [1.807, 2.05) is 6.07 Å². The van der Waals surface area contributed by atoms with Crippen LogP contribution in [0, 0.1) is 17.2 Å². The van der Waals surface area contributed by atoms with Crippen LogP contribution in [0.1, 0.15) is 18.4 Å². The summed E-state index contributed by atoms with van der Waals surface area (Å²) in [5.41, 5.74) is 1.12. The third-order valence-electron chi connectivity index (χ3n) is 3.13. The normalized spacial score (nSPS) is 15.0. The van der Waals surface area contributed by atoms with Crippen LogP contribution < -0.4 is 10.6 Å². The number of hydrogen-bond acceptors (Lipinski definition) is 4. The number of amides is 2. The Morgan fingerprint density at radius 3 is 2.76 bits per heavy atom. The lowest BCUT2D eigenvalue weighted by Crippen LogP contribution is -2.37. The van der Waals surface area contributed by atoms with Crippen molar-refractivity contribution < 1.29 is 14.6 Å². The molecule has 21 heavy (non-hydrogen) atoms. The van der Waals surface area contributed by atoms with Crippen LogP contribution in [0.15, 0.2) is 24.3 Å². The van der Waals surface area contributed by atoms with E-state index in [1.165, 1.54) is 12.8 Å². The van der Waals surface area contributed by atoms with Gasteiger partial charge in [0, 0.05) is 18.8 Å². The van der Waals surface area contributed by atoms with Gasteiger partial charge >= 0.3 is 6.03 Å². The van der Waals surface area contributed by atoms with Gasteiger partial charge in [0.25, 0.3) is 0 Å². The Morgan fingerprint density at radius 2 is 2.14 bits per heavy atom. The molecular weight excluding hydrogens is 270 g/mol. The quantitative estimate of drug-likeness (QED) is 0.708. The fraction of sp³-hybridized carbons (Fsp3) is 0.467. The molecule has 6 heteroatoms. The van der Waals surface area contributed by atoms with Gasteiger partial charge in [0.1, 0.15) is 0 Å². The number of carbonyl (C=O) groups is 1. The highest BCUT2D eigenvalue weighted by Crippen LogP contribution is 2.28. The molecule has 1 aromatic rings. The smallest absolute Gasteiger partial charge is 0.319 e. The number of nitrogens with zero attached hydrogens (tertiary/aromatic N) is 1. The molecule has 112 valence electrons. The molecular formula is C15H19N3O3. The van der Waals surface area contributed by atoms with E-state index in [-0.39, 0.29) is 13.2 Å². The van der Waals surface area contributed by atoms with E-state index in [2.05, 4.69) is 10.6 Å². The van der Waals surface area contributed by atoms with E-state index in [9.17, 15) is 9.90 Å². The third kappa shape index (κ3) is 5.81. The highest BCUT2D eigenvalue weighted by Gasteiger charge is 2.21. The van der Waals surface area contributed by atoms with Gasteiger partial charge in [-0.25, -0.2) is 4.79 Å². The van der Waals surface area contributed by atoms with Gasteiger partial charge in [-0.15, -0.1) is 0 Å². The summed E-state index contributed by atoms with van der Waals surface area (Å²) in [6.07, 6.45) is 1.71. The highest BCUT2D eigenvalue weighted by atomic mass is 16.5. The molecule has 0 saturated heterocycles. The second kappa shape index (κ2) is 7.62. The third-order valence-corrected chi connectivity index (χ3v) is 3.13. The number of anilines is 1. The van der Waals surface area contributed by atoms with Crippen molar-refractivity contribution in [2.45, 2.75) is 18.9 Å². The first-order valence-electron chi connectivity index (χ1n) is 6.98. The first-order chi connectivity index (χ1) is 10.2. The van der Waals surface area contributed by atoms with Crippen molar-refractivity contribution in [2.75, 3.05) is 25.1 Å². The molecule has 0 radical (unpaired) electrons. The lowest BCUT2D eigenvalue weighted by Gasteiger charge is -2.13. The molecule has 0 unspecified atom stereocenters. The van der Waals surface area contributed by atoms with Crippen LogP contribution >= 0.6 is 0 Å². The van der Waals surface area contributed by atoms with Gasteiger partial charge in [-0.1, -0.05) is 0 Å². The molecule has 1 aliphatic carbocycles. The van der Waals surface area contributed by atoms with Crippen molar-refractivity contribution in [2.24, 2.45) is 5.92 Å². The van der Waals surface area contributed by atoms with E-state index in [0.717, 1.165) is 0 Å². The average molecular weight is 289 g/mol. The zero-order valence-corrected chi connectivity index (χ0v) is 11.7. The molecule has 2 amide bonds.